The average molecular weight is 253 g/mol. The third-order valence-corrected chi connectivity index (χ3v) is 2.89. The molecule has 1 heterocycles. The Morgan fingerprint density at radius 1 is 1.44 bits per heavy atom. The van der Waals surface area contributed by atoms with Crippen LogP contribution in [0.2, 0.25) is 0 Å². The molecule has 1 amide bonds. The number of rotatable bonds is 4. The number of amides is 1. The van der Waals surface area contributed by atoms with E-state index < -0.39 is 12.0 Å². The molecule has 1 aromatic heterocycles. The summed E-state index contributed by atoms with van der Waals surface area (Å²) in [5, 5.41) is 6.66. The van der Waals surface area contributed by atoms with Crippen LogP contribution in [0.25, 0.3) is 0 Å². The number of ether oxygens (including phenoxy) is 1. The van der Waals surface area contributed by atoms with Crippen LogP contribution in [0, 0.1) is 12.8 Å². The highest BCUT2D eigenvalue weighted by Crippen LogP contribution is 2.09. The van der Waals surface area contributed by atoms with E-state index in [4.69, 9.17) is 0 Å². The first-order chi connectivity index (χ1) is 8.38. The van der Waals surface area contributed by atoms with Crippen LogP contribution in [-0.2, 0) is 16.6 Å². The molecule has 1 atom stereocenters. The van der Waals surface area contributed by atoms with Crippen LogP contribution in [0.5, 0.6) is 0 Å². The predicted octanol–water partition coefficient (Wildman–Crippen LogP) is 0.656. The van der Waals surface area contributed by atoms with Crippen molar-refractivity contribution in [3.05, 3.63) is 17.5 Å². The van der Waals surface area contributed by atoms with E-state index in [9.17, 15) is 9.59 Å². The molecular weight excluding hydrogens is 234 g/mol. The molecule has 6 heteroatoms. The van der Waals surface area contributed by atoms with E-state index >= 15 is 0 Å². The molecular formula is C12H19N3O3. The third kappa shape index (κ3) is 2.88. The lowest BCUT2D eigenvalue weighted by Gasteiger charge is -2.19. The number of carbonyl (C=O) groups is 2. The fraction of sp³-hybridized carbons (Fsp3) is 0.583. The van der Waals surface area contributed by atoms with E-state index in [1.807, 2.05) is 13.8 Å². The Morgan fingerprint density at radius 2 is 2.06 bits per heavy atom. The summed E-state index contributed by atoms with van der Waals surface area (Å²) in [7, 11) is 3.06. The Labute approximate surface area is 106 Å². The number of hydrogen-bond donors (Lipinski definition) is 1. The first-order valence-electron chi connectivity index (χ1n) is 5.75. The second-order valence-electron chi connectivity index (χ2n) is 4.49. The molecule has 1 N–H and O–H groups in total. The maximum Gasteiger partial charge on any atom is 0.328 e. The van der Waals surface area contributed by atoms with Crippen molar-refractivity contribution >= 4 is 11.9 Å². The normalized spacial score (nSPS) is 12.3. The number of aromatic nitrogens is 2. The minimum Gasteiger partial charge on any atom is -0.467 e. The Hall–Kier alpha value is -1.85. The highest BCUT2D eigenvalue weighted by Gasteiger charge is 2.26. The minimum absolute atomic E-state index is 0.0432. The van der Waals surface area contributed by atoms with Crippen molar-refractivity contribution in [2.45, 2.75) is 26.8 Å². The summed E-state index contributed by atoms with van der Waals surface area (Å²) in [5.74, 6) is -0.803. The largest absolute Gasteiger partial charge is 0.467 e. The number of hydrogen-bond acceptors (Lipinski definition) is 4. The first kappa shape index (κ1) is 14.2. The molecule has 6 nitrogen and oxygen atoms in total. The van der Waals surface area contributed by atoms with Gasteiger partial charge in [-0.15, -0.1) is 0 Å². The standard InChI is InChI=1S/C12H19N3O3/c1-7(2)10(12(17)18-5)14-11(16)9-6-13-15(4)8(9)3/h6-7,10H,1-5H3,(H,14,16). The number of esters is 1. The monoisotopic (exact) mass is 253 g/mol. The zero-order valence-electron chi connectivity index (χ0n) is 11.4. The molecule has 1 aromatic rings. The van der Waals surface area contributed by atoms with Gasteiger partial charge in [-0.2, -0.15) is 5.10 Å². The van der Waals surface area contributed by atoms with Crippen molar-refractivity contribution in [2.75, 3.05) is 7.11 Å². The second kappa shape index (κ2) is 5.66. The zero-order valence-corrected chi connectivity index (χ0v) is 11.4. The third-order valence-electron chi connectivity index (χ3n) is 2.89. The number of nitrogens with zero attached hydrogens (tertiary/aromatic N) is 2. The van der Waals surface area contributed by atoms with Gasteiger partial charge in [0, 0.05) is 12.7 Å². The summed E-state index contributed by atoms with van der Waals surface area (Å²) >= 11 is 0. The Balaban J connectivity index is 2.85. The van der Waals surface area contributed by atoms with Gasteiger partial charge >= 0.3 is 5.97 Å². The van der Waals surface area contributed by atoms with Gasteiger partial charge in [0.05, 0.1) is 18.9 Å². The van der Waals surface area contributed by atoms with E-state index in [1.54, 1.807) is 18.7 Å². The molecule has 0 aliphatic heterocycles. The fourth-order valence-electron chi connectivity index (χ4n) is 1.57. The molecule has 0 bridgehead atoms. The summed E-state index contributed by atoms with van der Waals surface area (Å²) in [6, 6.07) is -0.651. The van der Waals surface area contributed by atoms with Crippen LogP contribution in [0.3, 0.4) is 0 Å². The molecule has 1 unspecified atom stereocenters. The van der Waals surface area contributed by atoms with Gasteiger partial charge in [0.15, 0.2) is 0 Å². The number of aryl methyl sites for hydroxylation is 1. The van der Waals surface area contributed by atoms with E-state index in [0.717, 1.165) is 5.69 Å². The Morgan fingerprint density at radius 3 is 2.44 bits per heavy atom. The second-order valence-corrected chi connectivity index (χ2v) is 4.49. The zero-order chi connectivity index (χ0) is 13.9. The average Bonchev–Trinajstić information content (AvgIpc) is 2.65. The molecule has 0 saturated heterocycles. The van der Waals surface area contributed by atoms with Crippen molar-refractivity contribution in [3.63, 3.8) is 0 Å². The lowest BCUT2D eigenvalue weighted by Crippen LogP contribution is -2.45. The van der Waals surface area contributed by atoms with Gasteiger partial charge in [-0.05, 0) is 12.8 Å². The maximum atomic E-state index is 12.0. The lowest BCUT2D eigenvalue weighted by molar-refractivity contribution is -0.144. The van der Waals surface area contributed by atoms with Crippen LogP contribution >= 0.6 is 0 Å². The Bertz CT molecular complexity index is 451. The summed E-state index contributed by atoms with van der Waals surface area (Å²) < 4.78 is 6.28. The van der Waals surface area contributed by atoms with Crippen molar-refractivity contribution < 1.29 is 14.3 Å². The lowest BCUT2D eigenvalue weighted by atomic mass is 10.0. The van der Waals surface area contributed by atoms with Crippen LogP contribution in [0.1, 0.15) is 29.9 Å². The van der Waals surface area contributed by atoms with E-state index in [-0.39, 0.29) is 11.8 Å². The quantitative estimate of drug-likeness (QED) is 0.800. The van der Waals surface area contributed by atoms with E-state index in [1.165, 1.54) is 13.3 Å². The highest BCUT2D eigenvalue weighted by atomic mass is 16.5. The molecule has 0 fully saturated rings. The SMILES string of the molecule is COC(=O)C(NC(=O)c1cnn(C)c1C)C(C)C. The van der Waals surface area contributed by atoms with E-state index in [2.05, 4.69) is 15.2 Å². The number of methoxy groups -OCH3 is 1. The van der Waals surface area contributed by atoms with Crippen molar-refractivity contribution in [2.24, 2.45) is 13.0 Å². The summed E-state index contributed by atoms with van der Waals surface area (Å²) in [6.07, 6.45) is 1.49. The van der Waals surface area contributed by atoms with Crippen molar-refractivity contribution in [1.29, 1.82) is 0 Å². The fourth-order valence-corrected chi connectivity index (χ4v) is 1.57. The van der Waals surface area contributed by atoms with Gasteiger partial charge in [0.1, 0.15) is 6.04 Å². The molecule has 0 aliphatic rings. The van der Waals surface area contributed by atoms with Gasteiger partial charge in [-0.1, -0.05) is 13.8 Å². The molecule has 1 rings (SSSR count). The predicted molar refractivity (Wildman–Crippen MR) is 66.1 cm³/mol. The van der Waals surface area contributed by atoms with Gasteiger partial charge in [-0.3, -0.25) is 9.48 Å². The van der Waals surface area contributed by atoms with Crippen molar-refractivity contribution in [3.8, 4) is 0 Å². The number of nitrogens with one attached hydrogen (secondary N) is 1. The molecule has 0 aliphatic carbocycles. The molecule has 0 saturated carbocycles. The van der Waals surface area contributed by atoms with E-state index in [0.29, 0.717) is 5.56 Å². The molecule has 0 radical (unpaired) electrons. The van der Waals surface area contributed by atoms with Gasteiger partial charge in [0.2, 0.25) is 0 Å². The summed E-state index contributed by atoms with van der Waals surface area (Å²) in [6.45, 7) is 5.49. The van der Waals surface area contributed by atoms with Crippen LogP contribution < -0.4 is 5.32 Å². The topological polar surface area (TPSA) is 73.2 Å². The molecule has 100 valence electrons. The van der Waals surface area contributed by atoms with Gasteiger partial charge < -0.3 is 10.1 Å². The van der Waals surface area contributed by atoms with Crippen LogP contribution in [-0.4, -0.2) is 34.8 Å². The minimum atomic E-state index is -0.651. The van der Waals surface area contributed by atoms with Crippen LogP contribution in [0.15, 0.2) is 6.20 Å². The molecule has 0 aromatic carbocycles. The molecule has 18 heavy (non-hydrogen) atoms. The molecule has 0 spiro atoms. The van der Waals surface area contributed by atoms with Gasteiger partial charge in [0.25, 0.3) is 5.91 Å². The smallest absolute Gasteiger partial charge is 0.328 e. The van der Waals surface area contributed by atoms with Crippen molar-refractivity contribution in [1.82, 2.24) is 15.1 Å². The highest BCUT2D eigenvalue weighted by molar-refractivity contribution is 5.97. The first-order valence-corrected chi connectivity index (χ1v) is 5.75. The van der Waals surface area contributed by atoms with Gasteiger partial charge in [-0.25, -0.2) is 4.79 Å². The number of carbonyl (C=O) groups excluding carboxylic acids is 2. The maximum absolute atomic E-state index is 12.0. The summed E-state index contributed by atoms with van der Waals surface area (Å²) in [4.78, 5) is 23.6. The summed E-state index contributed by atoms with van der Waals surface area (Å²) in [5.41, 5.74) is 1.21. The van der Waals surface area contributed by atoms with Crippen LogP contribution in [0.4, 0.5) is 0 Å². The Kier molecular flexibility index (Phi) is 4.47.